The second-order valence-corrected chi connectivity index (χ2v) is 6.55. The van der Waals surface area contributed by atoms with Gasteiger partial charge in [-0.25, -0.2) is 0 Å². The van der Waals surface area contributed by atoms with Crippen molar-refractivity contribution in [3.8, 4) is 0 Å². The maximum Gasteiger partial charge on any atom is 0.274 e. The summed E-state index contributed by atoms with van der Waals surface area (Å²) >= 11 is 0. The molecule has 1 aromatic rings. The molecule has 128 valence electrons. The van der Waals surface area contributed by atoms with E-state index in [4.69, 9.17) is 9.47 Å². The van der Waals surface area contributed by atoms with E-state index in [0.717, 1.165) is 58.6 Å². The van der Waals surface area contributed by atoms with E-state index in [1.807, 2.05) is 25.1 Å². The molecule has 2 aliphatic heterocycles. The Balaban J connectivity index is 1.57. The molecule has 1 spiro atoms. The Labute approximate surface area is 137 Å². The number of aryl methyl sites for hydroxylation is 1. The SMILES string of the molecule is CCOCC[C@@H]1CCOC12CCN(C(=O)c1ccn(C)n1)CC2. The number of likely N-dealkylation sites (tertiary alicyclic amines) is 1. The number of amides is 1. The molecule has 6 heteroatoms. The average molecular weight is 321 g/mol. The third-order valence-corrected chi connectivity index (χ3v) is 5.24. The van der Waals surface area contributed by atoms with Gasteiger partial charge in [0.05, 0.1) is 5.60 Å². The van der Waals surface area contributed by atoms with Crippen LogP contribution in [0, 0.1) is 5.92 Å². The van der Waals surface area contributed by atoms with Crippen LogP contribution in [-0.2, 0) is 16.5 Å². The van der Waals surface area contributed by atoms with Crippen LogP contribution in [0.3, 0.4) is 0 Å². The Kier molecular flexibility index (Phi) is 5.02. The summed E-state index contributed by atoms with van der Waals surface area (Å²) < 4.78 is 13.3. The number of nitrogens with zero attached hydrogens (tertiary/aromatic N) is 3. The van der Waals surface area contributed by atoms with Crippen LogP contribution in [0.2, 0.25) is 0 Å². The van der Waals surface area contributed by atoms with Crippen LogP contribution in [0.15, 0.2) is 12.3 Å². The van der Waals surface area contributed by atoms with Crippen molar-refractivity contribution in [2.24, 2.45) is 13.0 Å². The zero-order valence-corrected chi connectivity index (χ0v) is 14.2. The van der Waals surface area contributed by atoms with E-state index in [9.17, 15) is 4.79 Å². The van der Waals surface area contributed by atoms with Crippen LogP contribution in [0.4, 0.5) is 0 Å². The number of hydrogen-bond donors (Lipinski definition) is 0. The van der Waals surface area contributed by atoms with E-state index in [0.29, 0.717) is 11.6 Å². The summed E-state index contributed by atoms with van der Waals surface area (Å²) in [5, 5.41) is 4.22. The van der Waals surface area contributed by atoms with Crippen LogP contribution < -0.4 is 0 Å². The lowest BCUT2D eigenvalue weighted by Gasteiger charge is -2.42. The van der Waals surface area contributed by atoms with Crippen molar-refractivity contribution < 1.29 is 14.3 Å². The van der Waals surface area contributed by atoms with Crippen molar-refractivity contribution >= 4 is 5.91 Å². The van der Waals surface area contributed by atoms with Gasteiger partial charge in [0.2, 0.25) is 0 Å². The lowest BCUT2D eigenvalue weighted by Crippen LogP contribution is -2.49. The minimum atomic E-state index is -0.0437. The molecule has 1 atom stereocenters. The fourth-order valence-corrected chi connectivity index (χ4v) is 3.89. The summed E-state index contributed by atoms with van der Waals surface area (Å²) in [6, 6.07) is 1.78. The summed E-state index contributed by atoms with van der Waals surface area (Å²) in [6.07, 6.45) is 5.82. The number of carbonyl (C=O) groups excluding carboxylic acids is 1. The first-order valence-corrected chi connectivity index (χ1v) is 8.65. The summed E-state index contributed by atoms with van der Waals surface area (Å²) in [7, 11) is 1.83. The third kappa shape index (κ3) is 3.43. The smallest absolute Gasteiger partial charge is 0.274 e. The number of piperidine rings is 1. The molecule has 2 fully saturated rings. The molecule has 3 rings (SSSR count). The van der Waals surface area contributed by atoms with Crippen LogP contribution in [-0.4, -0.2) is 59.1 Å². The summed E-state index contributed by atoms with van der Waals surface area (Å²) in [4.78, 5) is 14.4. The summed E-state index contributed by atoms with van der Waals surface area (Å²) in [5.74, 6) is 0.588. The van der Waals surface area contributed by atoms with Crippen LogP contribution in [0.1, 0.15) is 43.1 Å². The molecule has 0 aliphatic carbocycles. The van der Waals surface area contributed by atoms with Crippen LogP contribution in [0.5, 0.6) is 0 Å². The van der Waals surface area contributed by atoms with Crippen molar-refractivity contribution in [2.75, 3.05) is 32.9 Å². The molecule has 2 aliphatic rings. The van der Waals surface area contributed by atoms with Gasteiger partial charge in [-0.15, -0.1) is 0 Å². The third-order valence-electron chi connectivity index (χ3n) is 5.24. The predicted octanol–water partition coefficient (Wildman–Crippen LogP) is 1.86. The Bertz CT molecular complexity index is 535. The van der Waals surface area contributed by atoms with Gasteiger partial charge < -0.3 is 14.4 Å². The summed E-state index contributed by atoms with van der Waals surface area (Å²) in [5.41, 5.74) is 0.488. The molecular weight excluding hydrogens is 294 g/mol. The van der Waals surface area contributed by atoms with Gasteiger partial charge in [0, 0.05) is 46.2 Å². The Hall–Kier alpha value is -1.40. The lowest BCUT2D eigenvalue weighted by molar-refractivity contribution is -0.0669. The van der Waals surface area contributed by atoms with Crippen LogP contribution >= 0.6 is 0 Å². The van der Waals surface area contributed by atoms with E-state index < -0.39 is 0 Å². The van der Waals surface area contributed by atoms with E-state index >= 15 is 0 Å². The fourth-order valence-electron chi connectivity index (χ4n) is 3.89. The highest BCUT2D eigenvalue weighted by Gasteiger charge is 2.46. The molecule has 0 N–H and O–H groups in total. The minimum Gasteiger partial charge on any atom is -0.382 e. The Morgan fingerprint density at radius 1 is 1.48 bits per heavy atom. The second-order valence-electron chi connectivity index (χ2n) is 6.55. The highest BCUT2D eigenvalue weighted by molar-refractivity contribution is 5.92. The average Bonchev–Trinajstić information content (AvgIpc) is 3.15. The molecular formula is C17H27N3O3. The van der Waals surface area contributed by atoms with Gasteiger partial charge in [-0.3, -0.25) is 9.48 Å². The topological polar surface area (TPSA) is 56.6 Å². The standard InChI is InChI=1S/C17H27N3O3/c1-3-22-12-5-14-6-13-23-17(14)7-10-20(11-8-17)16(21)15-4-9-19(2)18-15/h4,9,14H,3,5-8,10-13H2,1-2H3/t14-/m1/s1. The number of ether oxygens (including phenoxy) is 2. The maximum absolute atomic E-state index is 12.5. The second kappa shape index (κ2) is 7.01. The maximum atomic E-state index is 12.5. The molecule has 1 amide bonds. The quantitative estimate of drug-likeness (QED) is 0.777. The van der Waals surface area contributed by atoms with Gasteiger partial charge in [-0.1, -0.05) is 0 Å². The van der Waals surface area contributed by atoms with Gasteiger partial charge >= 0.3 is 0 Å². The fraction of sp³-hybridized carbons (Fsp3) is 0.765. The molecule has 0 radical (unpaired) electrons. The van der Waals surface area contributed by atoms with Gasteiger partial charge in [0.15, 0.2) is 0 Å². The molecule has 23 heavy (non-hydrogen) atoms. The Morgan fingerprint density at radius 3 is 2.91 bits per heavy atom. The monoisotopic (exact) mass is 321 g/mol. The van der Waals surface area contributed by atoms with E-state index in [1.54, 1.807) is 10.7 Å². The van der Waals surface area contributed by atoms with Gasteiger partial charge in [-0.05, 0) is 44.6 Å². The first-order valence-electron chi connectivity index (χ1n) is 8.65. The van der Waals surface area contributed by atoms with Gasteiger partial charge in [0.25, 0.3) is 5.91 Å². The minimum absolute atomic E-state index is 0.0318. The first kappa shape index (κ1) is 16.5. The first-order chi connectivity index (χ1) is 11.1. The van der Waals surface area contributed by atoms with Crippen molar-refractivity contribution in [2.45, 2.75) is 38.2 Å². The molecule has 6 nitrogen and oxygen atoms in total. The lowest BCUT2D eigenvalue weighted by atomic mass is 9.78. The number of hydrogen-bond acceptors (Lipinski definition) is 4. The van der Waals surface area contributed by atoms with Crippen molar-refractivity contribution in [1.29, 1.82) is 0 Å². The molecule has 1 aromatic heterocycles. The molecule has 0 unspecified atom stereocenters. The van der Waals surface area contributed by atoms with Crippen LogP contribution in [0.25, 0.3) is 0 Å². The van der Waals surface area contributed by atoms with Crippen molar-refractivity contribution in [3.05, 3.63) is 18.0 Å². The molecule has 0 saturated carbocycles. The molecule has 3 heterocycles. The highest BCUT2D eigenvalue weighted by atomic mass is 16.5. The van der Waals surface area contributed by atoms with Gasteiger partial charge in [-0.2, -0.15) is 5.10 Å². The number of aromatic nitrogens is 2. The van der Waals surface area contributed by atoms with E-state index in [2.05, 4.69) is 5.10 Å². The Morgan fingerprint density at radius 2 is 2.26 bits per heavy atom. The number of rotatable bonds is 5. The number of carbonyl (C=O) groups is 1. The molecule has 0 bridgehead atoms. The highest BCUT2D eigenvalue weighted by Crippen LogP contribution is 2.42. The predicted molar refractivity (Wildman–Crippen MR) is 86.2 cm³/mol. The normalized spacial score (nSPS) is 23.6. The zero-order chi connectivity index (χ0) is 16.3. The zero-order valence-electron chi connectivity index (χ0n) is 14.2. The van der Waals surface area contributed by atoms with E-state index in [-0.39, 0.29) is 11.5 Å². The van der Waals surface area contributed by atoms with Crippen molar-refractivity contribution in [3.63, 3.8) is 0 Å². The largest absolute Gasteiger partial charge is 0.382 e. The van der Waals surface area contributed by atoms with Gasteiger partial charge in [0.1, 0.15) is 5.69 Å². The van der Waals surface area contributed by atoms with E-state index in [1.165, 1.54) is 0 Å². The molecule has 2 saturated heterocycles. The molecule has 0 aromatic carbocycles. The summed E-state index contributed by atoms with van der Waals surface area (Å²) in [6.45, 7) is 5.95. The van der Waals surface area contributed by atoms with Crippen molar-refractivity contribution in [1.82, 2.24) is 14.7 Å².